The first-order valence-corrected chi connectivity index (χ1v) is 11.5. The van der Waals surface area contributed by atoms with Gasteiger partial charge in [-0.15, -0.1) is 0 Å². The van der Waals surface area contributed by atoms with Gasteiger partial charge in [0.15, 0.2) is 11.5 Å². The summed E-state index contributed by atoms with van der Waals surface area (Å²) in [6, 6.07) is 7.29. The van der Waals surface area contributed by atoms with Crippen molar-refractivity contribution in [3.05, 3.63) is 41.2 Å². The van der Waals surface area contributed by atoms with Crippen LogP contribution in [0.3, 0.4) is 0 Å². The van der Waals surface area contributed by atoms with E-state index in [-0.39, 0.29) is 41.7 Å². The second-order valence-electron chi connectivity index (χ2n) is 9.48. The molecule has 4 unspecified atom stereocenters. The minimum atomic E-state index is -0.431. The van der Waals surface area contributed by atoms with Crippen molar-refractivity contribution in [2.75, 3.05) is 34.3 Å². The molecule has 0 saturated heterocycles. The number of methoxy groups -OCH3 is 1. The summed E-state index contributed by atoms with van der Waals surface area (Å²) >= 11 is 0. The summed E-state index contributed by atoms with van der Waals surface area (Å²) in [5.41, 5.74) is 1.42. The maximum absolute atomic E-state index is 13.7. The number of ketones is 1. The van der Waals surface area contributed by atoms with Crippen molar-refractivity contribution in [1.82, 2.24) is 9.80 Å². The Hall–Kier alpha value is -2.38. The van der Waals surface area contributed by atoms with Gasteiger partial charge in [-0.2, -0.15) is 0 Å². The lowest BCUT2D eigenvalue weighted by Gasteiger charge is -2.38. The molecule has 1 fully saturated rings. The molecule has 7 heteroatoms. The standard InChI is InChI=1S/C25H34N2O5/c1-15(2)31-17-8-6-16(7-9-17)22-21-23(28)19-11-10-18(30-5)14-20(19)32-24(21)25(29)27(22)13-12-26(3)4/h6-9,15,18-20,22H,10-14H2,1-5H3. The third kappa shape index (κ3) is 4.28. The first-order valence-electron chi connectivity index (χ1n) is 11.5. The number of carbonyl (C=O) groups excluding carboxylic acids is 2. The van der Waals surface area contributed by atoms with Crippen LogP contribution < -0.4 is 4.74 Å². The Kier molecular flexibility index (Phi) is 6.58. The predicted molar refractivity (Wildman–Crippen MR) is 120 cm³/mol. The minimum absolute atomic E-state index is 0.0546. The van der Waals surface area contributed by atoms with E-state index in [1.807, 2.05) is 57.1 Å². The van der Waals surface area contributed by atoms with Gasteiger partial charge in [0.05, 0.1) is 29.7 Å². The Balaban J connectivity index is 1.69. The van der Waals surface area contributed by atoms with Gasteiger partial charge in [0.2, 0.25) is 0 Å². The quantitative estimate of drug-likeness (QED) is 0.647. The molecular weight excluding hydrogens is 408 g/mol. The summed E-state index contributed by atoms with van der Waals surface area (Å²) in [5, 5.41) is 0. The molecule has 4 atom stereocenters. The number of nitrogens with zero attached hydrogens (tertiary/aromatic N) is 2. The number of rotatable bonds is 7. The lowest BCUT2D eigenvalue weighted by Crippen LogP contribution is -2.43. The van der Waals surface area contributed by atoms with Gasteiger partial charge in [0.25, 0.3) is 5.91 Å². The van der Waals surface area contributed by atoms with Crippen molar-refractivity contribution in [3.63, 3.8) is 0 Å². The van der Waals surface area contributed by atoms with Crippen LogP contribution in [-0.4, -0.2) is 74.1 Å². The van der Waals surface area contributed by atoms with Crippen LogP contribution in [-0.2, 0) is 19.1 Å². The van der Waals surface area contributed by atoms with Gasteiger partial charge in [0.1, 0.15) is 11.9 Å². The van der Waals surface area contributed by atoms with Gasteiger partial charge in [-0.1, -0.05) is 12.1 Å². The van der Waals surface area contributed by atoms with Crippen molar-refractivity contribution in [1.29, 1.82) is 0 Å². The zero-order valence-corrected chi connectivity index (χ0v) is 19.7. The molecule has 1 aromatic carbocycles. The monoisotopic (exact) mass is 442 g/mol. The summed E-state index contributed by atoms with van der Waals surface area (Å²) < 4.78 is 17.5. The third-order valence-electron chi connectivity index (χ3n) is 6.59. The normalized spacial score (nSPS) is 27.7. The minimum Gasteiger partial charge on any atom is -0.491 e. The fraction of sp³-hybridized carbons (Fsp3) is 0.600. The second-order valence-corrected chi connectivity index (χ2v) is 9.48. The highest BCUT2D eigenvalue weighted by atomic mass is 16.5. The average molecular weight is 443 g/mol. The Morgan fingerprint density at radius 1 is 1.16 bits per heavy atom. The van der Waals surface area contributed by atoms with E-state index in [4.69, 9.17) is 14.2 Å². The number of fused-ring (bicyclic) bond motifs is 1. The molecule has 1 aromatic rings. The molecule has 4 rings (SSSR count). The molecule has 0 N–H and O–H groups in total. The number of benzene rings is 1. The van der Waals surface area contributed by atoms with Crippen LogP contribution >= 0.6 is 0 Å². The molecule has 0 bridgehead atoms. The van der Waals surface area contributed by atoms with Gasteiger partial charge in [0, 0.05) is 26.6 Å². The van der Waals surface area contributed by atoms with Crippen LogP contribution in [0.4, 0.5) is 0 Å². The summed E-state index contributed by atoms with van der Waals surface area (Å²) in [4.78, 5) is 30.9. The molecule has 1 aliphatic carbocycles. The average Bonchev–Trinajstić information content (AvgIpc) is 3.04. The van der Waals surface area contributed by atoms with Gasteiger partial charge in [-0.3, -0.25) is 9.59 Å². The molecule has 32 heavy (non-hydrogen) atoms. The highest BCUT2D eigenvalue weighted by Crippen LogP contribution is 2.47. The van der Waals surface area contributed by atoms with Crippen LogP contribution in [0.1, 0.15) is 44.7 Å². The van der Waals surface area contributed by atoms with Gasteiger partial charge in [-0.25, -0.2) is 0 Å². The Morgan fingerprint density at radius 3 is 2.50 bits per heavy atom. The lowest BCUT2D eigenvalue weighted by atomic mass is 9.76. The molecule has 174 valence electrons. The van der Waals surface area contributed by atoms with Crippen molar-refractivity contribution >= 4 is 11.7 Å². The van der Waals surface area contributed by atoms with Crippen LogP contribution in [0.15, 0.2) is 35.6 Å². The van der Waals surface area contributed by atoms with E-state index in [1.54, 1.807) is 12.0 Å². The number of ether oxygens (including phenoxy) is 3. The fourth-order valence-electron chi connectivity index (χ4n) is 4.98. The van der Waals surface area contributed by atoms with Gasteiger partial charge >= 0.3 is 0 Å². The van der Waals surface area contributed by atoms with E-state index >= 15 is 0 Å². The molecule has 7 nitrogen and oxygen atoms in total. The maximum atomic E-state index is 13.7. The summed E-state index contributed by atoms with van der Waals surface area (Å²) in [6.45, 7) is 5.18. The number of hydrogen-bond donors (Lipinski definition) is 0. The topological polar surface area (TPSA) is 68.3 Å². The Morgan fingerprint density at radius 2 is 1.88 bits per heavy atom. The van der Waals surface area contributed by atoms with Crippen molar-refractivity contribution < 1.29 is 23.8 Å². The highest BCUT2D eigenvalue weighted by molar-refractivity contribution is 6.11. The van der Waals surface area contributed by atoms with E-state index in [9.17, 15) is 9.59 Å². The van der Waals surface area contributed by atoms with E-state index in [1.165, 1.54) is 0 Å². The van der Waals surface area contributed by atoms with Gasteiger partial charge < -0.3 is 24.0 Å². The zero-order chi connectivity index (χ0) is 23.0. The van der Waals surface area contributed by atoms with E-state index in [0.717, 1.165) is 24.2 Å². The molecule has 1 saturated carbocycles. The van der Waals surface area contributed by atoms with Crippen molar-refractivity contribution in [3.8, 4) is 5.75 Å². The molecule has 0 aromatic heterocycles. The number of amides is 1. The fourth-order valence-corrected chi connectivity index (χ4v) is 4.98. The molecule has 1 amide bonds. The number of likely N-dealkylation sites (N-methyl/N-ethyl adjacent to an activating group) is 1. The van der Waals surface area contributed by atoms with Crippen LogP contribution in [0.2, 0.25) is 0 Å². The predicted octanol–water partition coefficient (Wildman–Crippen LogP) is 2.96. The van der Waals surface area contributed by atoms with Crippen LogP contribution in [0.25, 0.3) is 0 Å². The van der Waals surface area contributed by atoms with Crippen LogP contribution in [0.5, 0.6) is 5.75 Å². The molecule has 3 aliphatic rings. The number of hydrogen-bond acceptors (Lipinski definition) is 6. The lowest BCUT2D eigenvalue weighted by molar-refractivity contribution is -0.138. The number of Topliss-reactive ketones (excluding diaryl/α,β-unsaturated/α-hetero) is 1. The second kappa shape index (κ2) is 9.24. The summed E-state index contributed by atoms with van der Waals surface area (Å²) in [6.07, 6.45) is 2.04. The smallest absolute Gasteiger partial charge is 0.290 e. The maximum Gasteiger partial charge on any atom is 0.290 e. The molecule has 0 spiro atoms. The summed E-state index contributed by atoms with van der Waals surface area (Å²) in [7, 11) is 5.64. The number of carbonyl (C=O) groups is 2. The van der Waals surface area contributed by atoms with E-state index in [0.29, 0.717) is 25.1 Å². The van der Waals surface area contributed by atoms with Crippen molar-refractivity contribution in [2.45, 2.75) is 57.5 Å². The van der Waals surface area contributed by atoms with Crippen molar-refractivity contribution in [2.24, 2.45) is 5.92 Å². The van der Waals surface area contributed by atoms with E-state index < -0.39 is 6.04 Å². The highest BCUT2D eigenvalue weighted by Gasteiger charge is 2.52. The molecular formula is C25H34N2O5. The van der Waals surface area contributed by atoms with Crippen LogP contribution in [0, 0.1) is 5.92 Å². The van der Waals surface area contributed by atoms with E-state index in [2.05, 4.69) is 0 Å². The first kappa shape index (κ1) is 22.8. The third-order valence-corrected chi connectivity index (χ3v) is 6.59. The molecule has 2 aliphatic heterocycles. The Bertz CT molecular complexity index is 892. The molecule has 0 radical (unpaired) electrons. The zero-order valence-electron chi connectivity index (χ0n) is 19.7. The summed E-state index contributed by atoms with van der Waals surface area (Å²) in [5.74, 6) is 0.651. The SMILES string of the molecule is COC1CCC2C(=O)C3=C(OC2C1)C(=O)N(CCN(C)C)C3c1ccc(OC(C)C)cc1. The Labute approximate surface area is 190 Å². The molecule has 2 heterocycles. The largest absolute Gasteiger partial charge is 0.491 e. The van der Waals surface area contributed by atoms with Gasteiger partial charge in [-0.05, 0) is 58.5 Å². The first-order chi connectivity index (χ1) is 15.3.